The maximum Gasteiger partial charge on any atom is 2.00 e. The first kappa shape index (κ1) is 13.6. The molecular formula is C8H15FeO2+. The molecule has 0 fully saturated rings. The molecule has 0 aliphatic heterocycles. The Balaban J connectivity index is 0. The van der Waals surface area contributed by atoms with Crippen molar-refractivity contribution in [2.45, 2.75) is 39.5 Å². The van der Waals surface area contributed by atoms with Crippen LogP contribution in [0.15, 0.2) is 0 Å². The predicted molar refractivity (Wildman–Crippen MR) is 38.3 cm³/mol. The fourth-order valence-electron chi connectivity index (χ4n) is 0.939. The van der Waals surface area contributed by atoms with Crippen molar-refractivity contribution in [3.8, 4) is 0 Å². The van der Waals surface area contributed by atoms with Crippen LogP contribution in [0.1, 0.15) is 39.5 Å². The van der Waals surface area contributed by atoms with Crippen LogP contribution in [0, 0.1) is 5.92 Å². The summed E-state index contributed by atoms with van der Waals surface area (Å²) in [7, 11) is 0. The van der Waals surface area contributed by atoms with Gasteiger partial charge in [-0.2, -0.15) is 0 Å². The Morgan fingerprint density at radius 1 is 1.45 bits per heavy atom. The van der Waals surface area contributed by atoms with Gasteiger partial charge in [-0.25, -0.2) is 0 Å². The molecule has 0 rings (SSSR count). The third-order valence-corrected chi connectivity index (χ3v) is 1.73. The predicted octanol–water partition coefficient (Wildman–Crippen LogP) is 0.950. The van der Waals surface area contributed by atoms with Gasteiger partial charge in [-0.15, -0.1) is 0 Å². The fraction of sp³-hybridized carbons (Fsp3) is 0.875. The van der Waals surface area contributed by atoms with Crippen LogP contribution in [0.2, 0.25) is 0 Å². The van der Waals surface area contributed by atoms with Gasteiger partial charge in [0, 0.05) is 5.97 Å². The molecule has 0 saturated carbocycles. The zero-order valence-electron chi connectivity index (χ0n) is 7.08. The van der Waals surface area contributed by atoms with Gasteiger partial charge < -0.3 is 9.90 Å². The van der Waals surface area contributed by atoms with Crippen LogP contribution in [0.25, 0.3) is 0 Å². The molecule has 0 heterocycles. The maximum atomic E-state index is 10.3. The van der Waals surface area contributed by atoms with E-state index in [0.717, 1.165) is 19.3 Å². The van der Waals surface area contributed by atoms with Crippen LogP contribution in [-0.4, -0.2) is 5.97 Å². The topological polar surface area (TPSA) is 40.1 Å². The summed E-state index contributed by atoms with van der Waals surface area (Å²) in [4.78, 5) is 10.3. The van der Waals surface area contributed by atoms with Gasteiger partial charge in [0.15, 0.2) is 0 Å². The first-order chi connectivity index (χ1) is 4.72. The van der Waals surface area contributed by atoms with Gasteiger partial charge in [0.05, 0.1) is 0 Å². The third-order valence-electron chi connectivity index (χ3n) is 1.73. The van der Waals surface area contributed by atoms with Crippen LogP contribution in [0.3, 0.4) is 0 Å². The molecule has 0 N–H and O–H groups in total. The van der Waals surface area contributed by atoms with Crippen molar-refractivity contribution < 1.29 is 27.0 Å². The van der Waals surface area contributed by atoms with E-state index in [1.165, 1.54) is 0 Å². The van der Waals surface area contributed by atoms with Crippen molar-refractivity contribution in [1.29, 1.82) is 0 Å². The summed E-state index contributed by atoms with van der Waals surface area (Å²) in [5, 5.41) is 10.3. The molecular weight excluding hydrogens is 184 g/mol. The summed E-state index contributed by atoms with van der Waals surface area (Å²) in [6, 6.07) is 0. The number of carbonyl (C=O) groups excluding carboxylic acids is 1. The van der Waals surface area contributed by atoms with Gasteiger partial charge in [0.2, 0.25) is 0 Å². The minimum Gasteiger partial charge on any atom is -0.550 e. The summed E-state index contributed by atoms with van der Waals surface area (Å²) in [6.07, 6.45) is 3.52. The van der Waals surface area contributed by atoms with E-state index in [4.69, 9.17) is 0 Å². The molecule has 1 unspecified atom stereocenters. The van der Waals surface area contributed by atoms with Crippen LogP contribution in [0.5, 0.6) is 0 Å². The molecule has 66 valence electrons. The van der Waals surface area contributed by atoms with E-state index in [9.17, 15) is 9.90 Å². The third kappa shape index (κ3) is 6.39. The van der Waals surface area contributed by atoms with Crippen LogP contribution < -0.4 is 5.11 Å². The number of hydrogen-bond donors (Lipinski definition) is 0. The molecule has 3 heteroatoms. The SMILES string of the molecule is CCCCC(CC)C(=O)[O-].[Fe+2]. The molecule has 0 aliphatic rings. The van der Waals surface area contributed by atoms with Crippen LogP contribution in [0.4, 0.5) is 0 Å². The van der Waals surface area contributed by atoms with E-state index in [2.05, 4.69) is 6.92 Å². The smallest absolute Gasteiger partial charge is 0.550 e. The Hall–Kier alpha value is -0.0105. The minimum absolute atomic E-state index is 0. The van der Waals surface area contributed by atoms with Gasteiger partial charge >= 0.3 is 17.1 Å². The van der Waals surface area contributed by atoms with Gasteiger partial charge in [0.1, 0.15) is 0 Å². The Bertz CT molecular complexity index is 104. The fourth-order valence-corrected chi connectivity index (χ4v) is 0.939. The van der Waals surface area contributed by atoms with E-state index in [0.29, 0.717) is 6.42 Å². The van der Waals surface area contributed by atoms with Crippen molar-refractivity contribution in [3.63, 3.8) is 0 Å². The van der Waals surface area contributed by atoms with Gasteiger partial charge in [0.25, 0.3) is 0 Å². The summed E-state index contributed by atoms with van der Waals surface area (Å²) in [5.74, 6) is -1.11. The molecule has 0 spiro atoms. The Morgan fingerprint density at radius 3 is 2.27 bits per heavy atom. The normalized spacial score (nSPS) is 11.8. The quantitative estimate of drug-likeness (QED) is 0.618. The number of aliphatic carboxylic acids is 1. The van der Waals surface area contributed by atoms with Crippen molar-refractivity contribution in [2.75, 3.05) is 0 Å². The molecule has 2 nitrogen and oxygen atoms in total. The zero-order chi connectivity index (χ0) is 7.98. The maximum absolute atomic E-state index is 10.3. The molecule has 0 aromatic heterocycles. The number of unbranched alkanes of at least 4 members (excludes halogenated alkanes) is 1. The molecule has 0 aliphatic carbocycles. The van der Waals surface area contributed by atoms with Gasteiger partial charge in [-0.3, -0.25) is 0 Å². The van der Waals surface area contributed by atoms with E-state index in [-0.39, 0.29) is 23.0 Å². The summed E-state index contributed by atoms with van der Waals surface area (Å²) in [5.41, 5.74) is 0. The second-order valence-electron chi connectivity index (χ2n) is 2.57. The standard InChI is InChI=1S/C8H16O2.Fe/c1-3-5-6-7(4-2)8(9)10;/h7H,3-6H2,1-2H3,(H,9,10);/q;+2/p-1. The number of carboxylic acid groups (broad SMARTS) is 1. The largest absolute Gasteiger partial charge is 2.00 e. The van der Waals surface area contributed by atoms with E-state index in [1.807, 2.05) is 6.92 Å². The first-order valence-electron chi connectivity index (χ1n) is 3.93. The number of rotatable bonds is 5. The Morgan fingerprint density at radius 2 is 2.00 bits per heavy atom. The Kier molecular flexibility index (Phi) is 9.98. The van der Waals surface area contributed by atoms with Crippen LogP contribution in [-0.2, 0) is 21.9 Å². The Labute approximate surface area is 78.8 Å². The summed E-state index contributed by atoms with van der Waals surface area (Å²) < 4.78 is 0. The molecule has 0 amide bonds. The van der Waals surface area contributed by atoms with Crippen molar-refractivity contribution in [1.82, 2.24) is 0 Å². The first-order valence-corrected chi connectivity index (χ1v) is 3.93. The minimum atomic E-state index is -0.893. The molecule has 1 atom stereocenters. The summed E-state index contributed by atoms with van der Waals surface area (Å²) in [6.45, 7) is 3.94. The second kappa shape index (κ2) is 8.09. The van der Waals surface area contributed by atoms with Gasteiger partial charge in [-0.1, -0.05) is 26.7 Å². The van der Waals surface area contributed by atoms with Crippen LogP contribution >= 0.6 is 0 Å². The number of hydrogen-bond acceptors (Lipinski definition) is 2. The average molecular weight is 199 g/mol. The number of carboxylic acids is 1. The molecule has 0 saturated heterocycles. The van der Waals surface area contributed by atoms with Crippen molar-refractivity contribution >= 4 is 5.97 Å². The molecule has 11 heavy (non-hydrogen) atoms. The number of carbonyl (C=O) groups is 1. The molecule has 0 radical (unpaired) electrons. The second-order valence-corrected chi connectivity index (χ2v) is 2.57. The molecule has 0 bridgehead atoms. The van der Waals surface area contributed by atoms with Gasteiger partial charge in [-0.05, 0) is 18.8 Å². The molecule has 0 aromatic carbocycles. The van der Waals surface area contributed by atoms with E-state index < -0.39 is 5.97 Å². The summed E-state index contributed by atoms with van der Waals surface area (Å²) >= 11 is 0. The zero-order valence-corrected chi connectivity index (χ0v) is 8.18. The average Bonchev–Trinajstić information content (AvgIpc) is 1.89. The van der Waals surface area contributed by atoms with Crippen molar-refractivity contribution in [2.24, 2.45) is 5.92 Å². The van der Waals surface area contributed by atoms with Crippen molar-refractivity contribution in [3.05, 3.63) is 0 Å². The monoisotopic (exact) mass is 199 g/mol. The molecule has 0 aromatic rings. The van der Waals surface area contributed by atoms with E-state index >= 15 is 0 Å². The van der Waals surface area contributed by atoms with E-state index in [1.54, 1.807) is 0 Å².